The summed E-state index contributed by atoms with van der Waals surface area (Å²) in [6.07, 6.45) is -3.35. The number of carboxylic acids is 1. The molecular formula is C33H34FN2NaO6. The number of nitrogens with zero attached hydrogens (tertiary/aromatic N) is 1. The number of aliphatic hydroxyl groups excluding tert-OH is 2. The Labute approximate surface area is 272 Å². The van der Waals surface area contributed by atoms with Gasteiger partial charge in [-0.1, -0.05) is 62.4 Å². The van der Waals surface area contributed by atoms with E-state index in [1.54, 1.807) is 62.4 Å². The summed E-state index contributed by atoms with van der Waals surface area (Å²) in [5.74, 6) is -3.47. The first-order chi connectivity index (χ1) is 20.0. The van der Waals surface area contributed by atoms with Crippen LogP contribution in [-0.2, 0) is 14.4 Å². The number of carboxylic acid groups (broad SMARTS) is 1. The molecule has 0 fully saturated rings. The molecule has 8 nitrogen and oxygen atoms in total. The summed E-state index contributed by atoms with van der Waals surface area (Å²) in [5.41, 5.74) is 0.821. The molecule has 4 rings (SSSR count). The number of halogens is 1. The summed E-state index contributed by atoms with van der Waals surface area (Å²) in [7, 11) is 0. The first-order valence-electron chi connectivity index (χ1n) is 13.9. The second kappa shape index (κ2) is 14.9. The molecule has 1 aliphatic rings. The van der Waals surface area contributed by atoms with Crippen LogP contribution in [0, 0.1) is 17.2 Å². The third-order valence-electron chi connectivity index (χ3n) is 7.55. The van der Waals surface area contributed by atoms with E-state index < -0.39 is 53.6 Å². The minimum atomic E-state index is -1.69. The third-order valence-corrected chi connectivity index (χ3v) is 7.55. The number of hydrogen-bond acceptors (Lipinski definition) is 6. The molecule has 0 saturated carbocycles. The number of amides is 2. The maximum absolute atomic E-state index is 14.6. The van der Waals surface area contributed by atoms with Crippen molar-refractivity contribution in [1.29, 1.82) is 0 Å². The summed E-state index contributed by atoms with van der Waals surface area (Å²) >= 11 is 0. The number of aliphatic carboxylic acids is 1. The van der Waals surface area contributed by atoms with E-state index in [4.69, 9.17) is 0 Å². The van der Waals surface area contributed by atoms with E-state index >= 15 is 0 Å². The molecule has 3 aromatic carbocycles. The number of aliphatic hydroxyl groups is 2. The molecule has 0 spiro atoms. The van der Waals surface area contributed by atoms with Gasteiger partial charge in [0.25, 0.3) is 0 Å². The summed E-state index contributed by atoms with van der Waals surface area (Å²) < 4.78 is 14.0. The van der Waals surface area contributed by atoms with Crippen LogP contribution in [0.1, 0.15) is 44.2 Å². The van der Waals surface area contributed by atoms with Crippen molar-refractivity contribution >= 4 is 34.7 Å². The standard InChI is InChI=1S/C33H35FN2O6.Na/c1-21(2)33(31(41)35-25-11-7-4-8-12-25)29(22-9-5-3-6-10-22)30(23-13-15-24(34)16-14-23)36(32(33)42)18-17-26(37)19-27(38)20-28(39)40;/h3-16,21,26-27,37-38H,17-20H2,1-2H3,(H,35,41)(H,39,40);/q;+1/p-1/t26-,27-,33?;/m1./s1. The Hall–Kier alpha value is -3.34. The minimum absolute atomic E-state index is 0. The van der Waals surface area contributed by atoms with Crippen LogP contribution < -0.4 is 40.0 Å². The Morgan fingerprint density at radius 1 is 0.907 bits per heavy atom. The first kappa shape index (κ1) is 34.2. The molecule has 3 aromatic rings. The molecule has 0 radical (unpaired) electrons. The monoisotopic (exact) mass is 596 g/mol. The Morgan fingerprint density at radius 2 is 1.49 bits per heavy atom. The summed E-state index contributed by atoms with van der Waals surface area (Å²) in [6, 6.07) is 23.5. The zero-order valence-electron chi connectivity index (χ0n) is 24.5. The number of hydrogen-bond donors (Lipinski definition) is 3. The SMILES string of the molecule is CC(C)C1(C(=O)Nc2ccccc2)C(=O)N(CC[C@@H](O)C[C@@H](O)CC(=O)[O-])C(c2ccc(F)cc2)=C1c1ccccc1.[Na+]. The van der Waals surface area contributed by atoms with E-state index in [9.17, 15) is 34.1 Å². The van der Waals surface area contributed by atoms with Gasteiger partial charge in [-0.3, -0.25) is 9.59 Å². The van der Waals surface area contributed by atoms with Crippen molar-refractivity contribution in [3.8, 4) is 0 Å². The van der Waals surface area contributed by atoms with Crippen LogP contribution in [0.15, 0.2) is 84.9 Å². The predicted molar refractivity (Wildman–Crippen MR) is 155 cm³/mol. The van der Waals surface area contributed by atoms with Crippen LogP contribution in [-0.4, -0.2) is 51.6 Å². The largest absolute Gasteiger partial charge is 1.00 e. The number of rotatable bonds is 12. The molecule has 1 unspecified atom stereocenters. The number of anilines is 1. The van der Waals surface area contributed by atoms with Gasteiger partial charge in [0.05, 0.1) is 17.9 Å². The van der Waals surface area contributed by atoms with Crippen LogP contribution in [0.3, 0.4) is 0 Å². The van der Waals surface area contributed by atoms with Crippen molar-refractivity contribution in [2.75, 3.05) is 11.9 Å². The van der Waals surface area contributed by atoms with Crippen LogP contribution in [0.25, 0.3) is 11.3 Å². The predicted octanol–water partition coefficient (Wildman–Crippen LogP) is 0.463. The zero-order valence-corrected chi connectivity index (χ0v) is 26.5. The molecule has 0 saturated heterocycles. The van der Waals surface area contributed by atoms with E-state index in [1.807, 2.05) is 24.3 Å². The van der Waals surface area contributed by atoms with Crippen LogP contribution in [0.5, 0.6) is 0 Å². The van der Waals surface area contributed by atoms with Crippen molar-refractivity contribution in [2.24, 2.45) is 11.3 Å². The molecule has 0 bridgehead atoms. The van der Waals surface area contributed by atoms with Gasteiger partial charge in [0.15, 0.2) is 5.41 Å². The molecule has 220 valence electrons. The second-order valence-corrected chi connectivity index (χ2v) is 10.7. The van der Waals surface area contributed by atoms with Crippen LogP contribution in [0.4, 0.5) is 10.1 Å². The van der Waals surface area contributed by atoms with Crippen molar-refractivity contribution < 1.29 is 63.7 Å². The second-order valence-electron chi connectivity index (χ2n) is 10.7. The number of carbonyl (C=O) groups is 3. The number of benzene rings is 3. The molecule has 10 heteroatoms. The van der Waals surface area contributed by atoms with Crippen molar-refractivity contribution in [1.82, 2.24) is 4.90 Å². The van der Waals surface area contributed by atoms with Gasteiger partial charge >= 0.3 is 29.6 Å². The molecular weight excluding hydrogens is 562 g/mol. The normalized spacial score (nSPS) is 17.9. The minimum Gasteiger partial charge on any atom is -0.550 e. The average Bonchev–Trinajstić information content (AvgIpc) is 3.22. The van der Waals surface area contributed by atoms with Crippen LogP contribution in [0.2, 0.25) is 0 Å². The van der Waals surface area contributed by atoms with Crippen molar-refractivity contribution in [3.05, 3.63) is 102 Å². The Kier molecular flexibility index (Phi) is 11.8. The topological polar surface area (TPSA) is 130 Å². The van der Waals surface area contributed by atoms with Gasteiger partial charge in [-0.05, 0) is 66.3 Å². The van der Waals surface area contributed by atoms with Crippen molar-refractivity contribution in [3.63, 3.8) is 0 Å². The van der Waals surface area contributed by atoms with E-state index in [0.29, 0.717) is 28.1 Å². The average molecular weight is 597 g/mol. The maximum Gasteiger partial charge on any atom is 1.00 e. The molecule has 0 aromatic heterocycles. The van der Waals surface area contributed by atoms with Crippen molar-refractivity contribution in [2.45, 2.75) is 45.3 Å². The molecule has 1 heterocycles. The third kappa shape index (κ3) is 7.42. The summed E-state index contributed by atoms with van der Waals surface area (Å²) in [6.45, 7) is 3.54. The van der Waals surface area contributed by atoms with Gasteiger partial charge in [0.2, 0.25) is 11.8 Å². The molecule has 0 aliphatic carbocycles. The van der Waals surface area contributed by atoms with Crippen LogP contribution >= 0.6 is 0 Å². The van der Waals surface area contributed by atoms with E-state index in [-0.39, 0.29) is 48.9 Å². The number of carbonyl (C=O) groups excluding carboxylic acids is 3. The molecule has 1 aliphatic heterocycles. The summed E-state index contributed by atoms with van der Waals surface area (Å²) in [4.78, 5) is 41.3. The zero-order chi connectivity index (χ0) is 30.4. The molecule has 43 heavy (non-hydrogen) atoms. The Balaban J connectivity index is 0.00000506. The molecule has 3 N–H and O–H groups in total. The first-order valence-corrected chi connectivity index (χ1v) is 13.9. The maximum atomic E-state index is 14.6. The summed E-state index contributed by atoms with van der Waals surface area (Å²) in [5, 5.41) is 34.4. The van der Waals surface area contributed by atoms with Gasteiger partial charge in [0.1, 0.15) is 5.82 Å². The van der Waals surface area contributed by atoms with Gasteiger partial charge < -0.3 is 30.3 Å². The Bertz CT molecular complexity index is 1450. The fourth-order valence-electron chi connectivity index (χ4n) is 5.58. The van der Waals surface area contributed by atoms with Gasteiger partial charge in [-0.25, -0.2) is 4.39 Å². The quantitative estimate of drug-likeness (QED) is 0.206. The molecule has 3 atom stereocenters. The fourth-order valence-corrected chi connectivity index (χ4v) is 5.58. The smallest absolute Gasteiger partial charge is 0.550 e. The molecule has 2 amide bonds. The van der Waals surface area contributed by atoms with Gasteiger partial charge in [-0.2, -0.15) is 0 Å². The fraction of sp³-hybridized carbons (Fsp3) is 0.303. The van der Waals surface area contributed by atoms with E-state index in [1.165, 1.54) is 17.0 Å². The Morgan fingerprint density at radius 3 is 2.05 bits per heavy atom. The number of nitrogens with one attached hydrogen (secondary N) is 1. The van der Waals surface area contributed by atoms with E-state index in [0.717, 1.165) is 0 Å². The van der Waals surface area contributed by atoms with Gasteiger partial charge in [-0.15, -0.1) is 0 Å². The van der Waals surface area contributed by atoms with E-state index in [2.05, 4.69) is 5.32 Å². The van der Waals surface area contributed by atoms with Gasteiger partial charge in [0, 0.05) is 30.2 Å². The number of para-hydroxylation sites is 1.